The Balaban J connectivity index is 0.000000288. The standard InChI is InChI=1S/C3H4N4O2.C3H3NO2/c8-3(9)1-2-4-6-7-5-2;4-2-1-3(5)6/h1H2,(H,8,9)(H,4,5,6,7);1H2,(H,5,6). The lowest BCUT2D eigenvalue weighted by molar-refractivity contribution is -0.137. The Labute approximate surface area is 83.3 Å². The summed E-state index contributed by atoms with van der Waals surface area (Å²) in [5.74, 6) is -1.84. The molecule has 15 heavy (non-hydrogen) atoms. The van der Waals surface area contributed by atoms with Crippen LogP contribution in [0, 0.1) is 11.3 Å². The number of nitrogens with one attached hydrogen (secondary N) is 1. The van der Waals surface area contributed by atoms with Crippen LogP contribution in [-0.4, -0.2) is 42.8 Å². The molecule has 0 bridgehead atoms. The van der Waals surface area contributed by atoms with Crippen LogP contribution < -0.4 is 0 Å². The number of hydrogen-bond donors (Lipinski definition) is 3. The molecule has 0 amide bonds. The molecule has 0 spiro atoms. The summed E-state index contributed by atoms with van der Waals surface area (Å²) in [5.41, 5.74) is 0. The van der Waals surface area contributed by atoms with E-state index in [4.69, 9.17) is 15.5 Å². The van der Waals surface area contributed by atoms with Crippen molar-refractivity contribution in [3.05, 3.63) is 5.82 Å². The SMILES string of the molecule is N#CCC(=O)O.O=C(O)Cc1nn[nH]n1. The number of hydrogen-bond acceptors (Lipinski definition) is 6. The summed E-state index contributed by atoms with van der Waals surface area (Å²) in [6.45, 7) is 0. The normalized spacial score (nSPS) is 8.20. The molecule has 0 aliphatic rings. The number of tetrazole rings is 1. The number of aromatic amines is 1. The fourth-order valence-electron chi connectivity index (χ4n) is 0.460. The molecule has 9 nitrogen and oxygen atoms in total. The molecule has 0 unspecified atom stereocenters. The average molecular weight is 213 g/mol. The average Bonchev–Trinajstić information content (AvgIpc) is 2.56. The number of rotatable bonds is 3. The molecule has 0 saturated heterocycles. The third-order valence-electron chi connectivity index (χ3n) is 0.929. The number of aromatic nitrogens is 4. The Morgan fingerprint density at radius 3 is 2.33 bits per heavy atom. The largest absolute Gasteiger partial charge is 0.481 e. The Bertz CT molecular complexity index is 354. The molecule has 0 radical (unpaired) electrons. The molecule has 1 aromatic heterocycles. The third-order valence-corrected chi connectivity index (χ3v) is 0.929. The topological polar surface area (TPSA) is 153 Å². The molecule has 0 fully saturated rings. The number of H-pyrrole nitrogens is 1. The highest BCUT2D eigenvalue weighted by Gasteiger charge is 2.02. The van der Waals surface area contributed by atoms with Crippen LogP contribution in [0.25, 0.3) is 0 Å². The summed E-state index contributed by atoms with van der Waals surface area (Å²) in [4.78, 5) is 19.3. The molecule has 1 rings (SSSR count). The van der Waals surface area contributed by atoms with Gasteiger partial charge >= 0.3 is 11.9 Å². The van der Waals surface area contributed by atoms with Crippen molar-refractivity contribution >= 4 is 11.9 Å². The van der Waals surface area contributed by atoms with Crippen molar-refractivity contribution in [2.24, 2.45) is 0 Å². The lowest BCUT2D eigenvalue weighted by Crippen LogP contribution is -2.01. The van der Waals surface area contributed by atoms with Crippen molar-refractivity contribution in [2.75, 3.05) is 0 Å². The van der Waals surface area contributed by atoms with Crippen LogP contribution in [-0.2, 0) is 16.0 Å². The number of nitriles is 1. The molecule has 3 N–H and O–H groups in total. The van der Waals surface area contributed by atoms with Gasteiger partial charge in [-0.05, 0) is 0 Å². The molecule has 0 atom stereocenters. The maximum Gasteiger partial charge on any atom is 0.317 e. The third kappa shape index (κ3) is 7.85. The zero-order chi connectivity index (χ0) is 11.7. The Hall–Kier alpha value is -2.50. The van der Waals surface area contributed by atoms with Gasteiger partial charge in [0.05, 0.1) is 6.07 Å². The summed E-state index contributed by atoms with van der Waals surface area (Å²) in [6, 6.07) is 1.47. The van der Waals surface area contributed by atoms with E-state index in [2.05, 4.69) is 20.6 Å². The molecule has 0 aromatic carbocycles. The number of nitrogens with zero attached hydrogens (tertiary/aromatic N) is 4. The number of carboxylic acid groups (broad SMARTS) is 2. The highest BCUT2D eigenvalue weighted by molar-refractivity contribution is 5.69. The van der Waals surface area contributed by atoms with E-state index in [1.807, 2.05) is 0 Å². The number of carboxylic acids is 2. The van der Waals surface area contributed by atoms with E-state index in [0.717, 1.165) is 0 Å². The van der Waals surface area contributed by atoms with Gasteiger partial charge in [0.1, 0.15) is 12.8 Å². The molecular formula is C6H7N5O4. The van der Waals surface area contributed by atoms with Crippen LogP contribution in [0.3, 0.4) is 0 Å². The Kier molecular flexibility index (Phi) is 5.80. The molecule has 9 heteroatoms. The van der Waals surface area contributed by atoms with E-state index in [0.29, 0.717) is 0 Å². The van der Waals surface area contributed by atoms with Gasteiger partial charge in [-0.3, -0.25) is 9.59 Å². The Morgan fingerprint density at radius 1 is 1.40 bits per heavy atom. The number of carbonyl (C=O) groups is 2. The number of aliphatic carboxylic acids is 2. The van der Waals surface area contributed by atoms with Crippen molar-refractivity contribution in [1.82, 2.24) is 20.6 Å². The van der Waals surface area contributed by atoms with Crippen LogP contribution >= 0.6 is 0 Å². The summed E-state index contributed by atoms with van der Waals surface area (Å²) in [7, 11) is 0. The summed E-state index contributed by atoms with van der Waals surface area (Å²) < 4.78 is 0. The summed E-state index contributed by atoms with van der Waals surface area (Å²) >= 11 is 0. The fraction of sp³-hybridized carbons (Fsp3) is 0.333. The first-order valence-corrected chi connectivity index (χ1v) is 3.59. The molecule has 0 aliphatic heterocycles. The zero-order valence-corrected chi connectivity index (χ0v) is 7.41. The van der Waals surface area contributed by atoms with Gasteiger partial charge in [0, 0.05) is 0 Å². The van der Waals surface area contributed by atoms with Crippen molar-refractivity contribution in [2.45, 2.75) is 12.8 Å². The minimum absolute atomic E-state index is 0.184. The second kappa shape index (κ2) is 6.96. The maximum atomic E-state index is 9.94. The second-order valence-electron chi connectivity index (χ2n) is 2.13. The minimum Gasteiger partial charge on any atom is -0.481 e. The summed E-state index contributed by atoms with van der Waals surface area (Å²) in [5, 5.41) is 35.6. The van der Waals surface area contributed by atoms with Gasteiger partial charge in [0.25, 0.3) is 0 Å². The molecule has 80 valence electrons. The van der Waals surface area contributed by atoms with Gasteiger partial charge in [-0.25, -0.2) is 0 Å². The zero-order valence-electron chi connectivity index (χ0n) is 7.41. The molecular weight excluding hydrogens is 206 g/mol. The van der Waals surface area contributed by atoms with Crippen LogP contribution in [0.1, 0.15) is 12.2 Å². The maximum absolute atomic E-state index is 9.94. The summed E-state index contributed by atoms with van der Waals surface area (Å²) in [6.07, 6.45) is -0.587. The molecule has 0 aliphatic carbocycles. The van der Waals surface area contributed by atoms with Crippen molar-refractivity contribution in [3.63, 3.8) is 0 Å². The monoisotopic (exact) mass is 213 g/mol. The highest BCUT2D eigenvalue weighted by atomic mass is 16.4. The van der Waals surface area contributed by atoms with Gasteiger partial charge in [0.2, 0.25) is 0 Å². The van der Waals surface area contributed by atoms with Crippen LogP contribution in [0.4, 0.5) is 0 Å². The Morgan fingerprint density at radius 2 is 2.07 bits per heavy atom. The van der Waals surface area contributed by atoms with E-state index in [1.54, 1.807) is 0 Å². The lowest BCUT2D eigenvalue weighted by atomic mass is 10.4. The van der Waals surface area contributed by atoms with E-state index < -0.39 is 18.4 Å². The second-order valence-corrected chi connectivity index (χ2v) is 2.13. The molecule has 1 heterocycles. The van der Waals surface area contributed by atoms with Gasteiger partial charge in [-0.1, -0.05) is 5.21 Å². The highest BCUT2D eigenvalue weighted by Crippen LogP contribution is 1.83. The predicted molar refractivity (Wildman–Crippen MR) is 43.4 cm³/mol. The van der Waals surface area contributed by atoms with Crippen molar-refractivity contribution in [1.29, 1.82) is 5.26 Å². The molecule has 1 aromatic rings. The minimum atomic E-state index is -1.07. The van der Waals surface area contributed by atoms with Crippen molar-refractivity contribution < 1.29 is 19.8 Å². The molecule has 0 saturated carbocycles. The van der Waals surface area contributed by atoms with Crippen molar-refractivity contribution in [3.8, 4) is 6.07 Å². The van der Waals surface area contributed by atoms with E-state index in [-0.39, 0.29) is 12.2 Å². The fourth-order valence-corrected chi connectivity index (χ4v) is 0.460. The van der Waals surface area contributed by atoms with E-state index in [9.17, 15) is 9.59 Å². The van der Waals surface area contributed by atoms with Gasteiger partial charge < -0.3 is 10.2 Å². The van der Waals surface area contributed by atoms with Gasteiger partial charge in [-0.2, -0.15) is 10.5 Å². The smallest absolute Gasteiger partial charge is 0.317 e. The first-order chi connectivity index (χ1) is 7.06. The van der Waals surface area contributed by atoms with E-state index in [1.165, 1.54) is 6.07 Å². The quantitative estimate of drug-likeness (QED) is 0.566. The van der Waals surface area contributed by atoms with Gasteiger partial charge in [0.15, 0.2) is 5.82 Å². The lowest BCUT2D eigenvalue weighted by Gasteiger charge is -1.80. The van der Waals surface area contributed by atoms with E-state index >= 15 is 0 Å². The first-order valence-electron chi connectivity index (χ1n) is 3.59. The van der Waals surface area contributed by atoms with Crippen LogP contribution in [0.2, 0.25) is 0 Å². The van der Waals surface area contributed by atoms with Crippen LogP contribution in [0.15, 0.2) is 0 Å². The van der Waals surface area contributed by atoms with Gasteiger partial charge in [-0.15, -0.1) is 10.2 Å². The predicted octanol–water partition coefficient (Wildman–Crippen LogP) is -1.19. The van der Waals surface area contributed by atoms with Crippen LogP contribution in [0.5, 0.6) is 0 Å². The first kappa shape index (κ1) is 12.5.